The molecule has 5 nitrogen and oxygen atoms in total. The fourth-order valence-corrected chi connectivity index (χ4v) is 3.03. The number of ether oxygens (including phenoxy) is 1. The highest BCUT2D eigenvalue weighted by atomic mass is 16.5. The van der Waals surface area contributed by atoms with Gasteiger partial charge in [-0.05, 0) is 49.3 Å². The van der Waals surface area contributed by atoms with Gasteiger partial charge in [0.1, 0.15) is 5.75 Å². The SMILES string of the molecule is CCNC(=NCC1(CC)CCC1)NCC(O)c1ccc(OC)cc1. The van der Waals surface area contributed by atoms with Gasteiger partial charge in [-0.3, -0.25) is 4.99 Å². The van der Waals surface area contributed by atoms with E-state index < -0.39 is 6.10 Å². The molecule has 0 aliphatic heterocycles. The molecule has 2 rings (SSSR count). The first-order valence-electron chi connectivity index (χ1n) is 8.96. The van der Waals surface area contributed by atoms with E-state index in [0.717, 1.165) is 30.4 Å². The number of hydrogen-bond acceptors (Lipinski definition) is 3. The summed E-state index contributed by atoms with van der Waals surface area (Å²) in [4.78, 5) is 4.73. The van der Waals surface area contributed by atoms with Crippen molar-refractivity contribution in [2.45, 2.75) is 45.6 Å². The number of nitrogens with one attached hydrogen (secondary N) is 2. The number of rotatable bonds is 8. The Bertz CT molecular complexity index is 518. The second-order valence-corrected chi connectivity index (χ2v) is 6.57. The number of aliphatic hydroxyl groups is 1. The molecule has 0 radical (unpaired) electrons. The topological polar surface area (TPSA) is 65.9 Å². The van der Waals surface area contributed by atoms with Crippen LogP contribution in [0.2, 0.25) is 0 Å². The van der Waals surface area contributed by atoms with E-state index in [1.165, 1.54) is 25.7 Å². The Labute approximate surface area is 145 Å². The van der Waals surface area contributed by atoms with Gasteiger partial charge in [-0.2, -0.15) is 0 Å². The van der Waals surface area contributed by atoms with E-state index in [1.807, 2.05) is 24.3 Å². The Morgan fingerprint density at radius 2 is 1.96 bits per heavy atom. The molecule has 1 aliphatic carbocycles. The molecule has 0 spiro atoms. The minimum absolute atomic E-state index is 0.400. The van der Waals surface area contributed by atoms with E-state index in [-0.39, 0.29) is 0 Å². The Hall–Kier alpha value is -1.75. The lowest BCUT2D eigenvalue weighted by molar-refractivity contribution is 0.139. The van der Waals surface area contributed by atoms with E-state index in [9.17, 15) is 5.11 Å². The molecule has 5 heteroatoms. The van der Waals surface area contributed by atoms with Gasteiger partial charge in [0.2, 0.25) is 0 Å². The predicted octanol–water partition coefficient (Wildman–Crippen LogP) is 2.86. The van der Waals surface area contributed by atoms with Crippen LogP contribution in [0.25, 0.3) is 0 Å². The van der Waals surface area contributed by atoms with Gasteiger partial charge < -0.3 is 20.5 Å². The summed E-state index contributed by atoms with van der Waals surface area (Å²) in [6.07, 6.45) is 4.49. The lowest BCUT2D eigenvalue weighted by Gasteiger charge is -2.40. The van der Waals surface area contributed by atoms with Gasteiger partial charge in [-0.25, -0.2) is 0 Å². The number of nitrogens with zero attached hydrogens (tertiary/aromatic N) is 1. The van der Waals surface area contributed by atoms with Crippen molar-refractivity contribution in [3.05, 3.63) is 29.8 Å². The monoisotopic (exact) mass is 333 g/mol. The molecule has 24 heavy (non-hydrogen) atoms. The highest BCUT2D eigenvalue weighted by molar-refractivity contribution is 5.79. The maximum absolute atomic E-state index is 10.3. The molecule has 1 aromatic carbocycles. The number of guanidine groups is 1. The minimum Gasteiger partial charge on any atom is -0.497 e. The Morgan fingerprint density at radius 3 is 2.46 bits per heavy atom. The van der Waals surface area contributed by atoms with Crippen LogP contribution in [0.5, 0.6) is 5.75 Å². The second-order valence-electron chi connectivity index (χ2n) is 6.57. The van der Waals surface area contributed by atoms with Crippen LogP contribution in [0.3, 0.4) is 0 Å². The van der Waals surface area contributed by atoms with Crippen molar-refractivity contribution in [3.8, 4) is 5.75 Å². The standard InChI is InChI=1S/C19H31N3O2/c1-4-19(11-6-12-19)14-22-18(20-5-2)21-13-17(23)15-7-9-16(24-3)10-8-15/h7-10,17,23H,4-6,11-14H2,1-3H3,(H2,20,21,22). The zero-order valence-corrected chi connectivity index (χ0v) is 15.1. The van der Waals surface area contributed by atoms with Crippen molar-refractivity contribution >= 4 is 5.96 Å². The average Bonchev–Trinajstić information content (AvgIpc) is 2.58. The first kappa shape index (κ1) is 18.6. The number of hydrogen-bond donors (Lipinski definition) is 3. The van der Waals surface area contributed by atoms with Gasteiger partial charge in [0, 0.05) is 19.6 Å². The van der Waals surface area contributed by atoms with Gasteiger partial charge in [0.15, 0.2) is 5.96 Å². The van der Waals surface area contributed by atoms with Crippen LogP contribution in [0, 0.1) is 5.41 Å². The molecule has 0 saturated heterocycles. The van der Waals surface area contributed by atoms with Crippen LogP contribution in [0.1, 0.15) is 51.2 Å². The van der Waals surface area contributed by atoms with Crippen LogP contribution in [0.4, 0.5) is 0 Å². The molecule has 3 N–H and O–H groups in total. The lowest BCUT2D eigenvalue weighted by atomic mass is 9.67. The molecular weight excluding hydrogens is 302 g/mol. The van der Waals surface area contributed by atoms with Crippen LogP contribution in [-0.2, 0) is 0 Å². The Balaban J connectivity index is 1.89. The smallest absolute Gasteiger partial charge is 0.191 e. The highest BCUT2D eigenvalue weighted by Crippen LogP contribution is 2.43. The van der Waals surface area contributed by atoms with Gasteiger partial charge in [-0.15, -0.1) is 0 Å². The van der Waals surface area contributed by atoms with Crippen molar-refractivity contribution in [1.29, 1.82) is 0 Å². The van der Waals surface area contributed by atoms with E-state index in [0.29, 0.717) is 12.0 Å². The van der Waals surface area contributed by atoms with E-state index in [2.05, 4.69) is 24.5 Å². The van der Waals surface area contributed by atoms with Gasteiger partial charge in [0.05, 0.1) is 13.2 Å². The van der Waals surface area contributed by atoms with Crippen LogP contribution in [-0.4, -0.2) is 37.8 Å². The van der Waals surface area contributed by atoms with Crippen molar-refractivity contribution in [2.75, 3.05) is 26.7 Å². The Kier molecular flexibility index (Phi) is 6.91. The normalized spacial score (nSPS) is 17.8. The van der Waals surface area contributed by atoms with Gasteiger partial charge in [-0.1, -0.05) is 25.5 Å². The maximum Gasteiger partial charge on any atom is 0.191 e. The fraction of sp³-hybridized carbons (Fsp3) is 0.632. The summed E-state index contributed by atoms with van der Waals surface area (Å²) in [6.45, 7) is 6.40. The number of aliphatic hydroxyl groups excluding tert-OH is 1. The number of methoxy groups -OCH3 is 1. The highest BCUT2D eigenvalue weighted by Gasteiger charge is 2.34. The molecular formula is C19H31N3O2. The molecule has 1 aliphatic rings. The third kappa shape index (κ3) is 4.87. The van der Waals surface area contributed by atoms with Crippen LogP contribution < -0.4 is 15.4 Å². The third-order valence-electron chi connectivity index (χ3n) is 5.04. The summed E-state index contributed by atoms with van der Waals surface area (Å²) in [7, 11) is 1.64. The molecule has 1 atom stereocenters. The predicted molar refractivity (Wildman–Crippen MR) is 98.5 cm³/mol. The lowest BCUT2D eigenvalue weighted by Crippen LogP contribution is -2.41. The largest absolute Gasteiger partial charge is 0.497 e. The third-order valence-corrected chi connectivity index (χ3v) is 5.04. The molecule has 134 valence electrons. The van der Waals surface area contributed by atoms with E-state index in [4.69, 9.17) is 9.73 Å². The minimum atomic E-state index is -0.580. The molecule has 1 fully saturated rings. The second kappa shape index (κ2) is 8.92. The molecule has 1 unspecified atom stereocenters. The molecule has 0 amide bonds. The van der Waals surface area contributed by atoms with Crippen LogP contribution in [0.15, 0.2) is 29.3 Å². The van der Waals surface area contributed by atoms with Gasteiger partial charge in [0.25, 0.3) is 0 Å². The van der Waals surface area contributed by atoms with E-state index >= 15 is 0 Å². The van der Waals surface area contributed by atoms with Crippen molar-refractivity contribution in [2.24, 2.45) is 10.4 Å². The van der Waals surface area contributed by atoms with Crippen molar-refractivity contribution < 1.29 is 9.84 Å². The van der Waals surface area contributed by atoms with E-state index in [1.54, 1.807) is 7.11 Å². The van der Waals surface area contributed by atoms with Crippen molar-refractivity contribution in [3.63, 3.8) is 0 Å². The number of benzene rings is 1. The van der Waals surface area contributed by atoms with Crippen molar-refractivity contribution in [1.82, 2.24) is 10.6 Å². The summed E-state index contributed by atoms with van der Waals surface area (Å²) < 4.78 is 5.14. The van der Waals surface area contributed by atoms with Crippen LogP contribution >= 0.6 is 0 Å². The number of aliphatic imine (C=N–C) groups is 1. The average molecular weight is 333 g/mol. The zero-order valence-electron chi connectivity index (χ0n) is 15.1. The summed E-state index contributed by atoms with van der Waals surface area (Å²) in [5.41, 5.74) is 1.26. The molecule has 1 aromatic rings. The fourth-order valence-electron chi connectivity index (χ4n) is 3.03. The quantitative estimate of drug-likeness (QED) is 0.505. The summed E-state index contributed by atoms with van der Waals surface area (Å²) >= 11 is 0. The molecule has 1 saturated carbocycles. The first-order chi connectivity index (χ1) is 11.6. The maximum atomic E-state index is 10.3. The Morgan fingerprint density at radius 1 is 1.25 bits per heavy atom. The first-order valence-corrected chi connectivity index (χ1v) is 8.96. The molecule has 0 heterocycles. The van der Waals surface area contributed by atoms with Gasteiger partial charge >= 0.3 is 0 Å². The molecule has 0 bridgehead atoms. The summed E-state index contributed by atoms with van der Waals surface area (Å²) in [6, 6.07) is 7.49. The summed E-state index contributed by atoms with van der Waals surface area (Å²) in [5.74, 6) is 1.57. The molecule has 0 aromatic heterocycles. The summed E-state index contributed by atoms with van der Waals surface area (Å²) in [5, 5.41) is 16.9. The zero-order chi connectivity index (χ0) is 17.4.